The summed E-state index contributed by atoms with van der Waals surface area (Å²) in [6.07, 6.45) is 0. The van der Waals surface area contributed by atoms with Crippen LogP contribution in [0.3, 0.4) is 0 Å². The number of anilines is 2. The van der Waals surface area contributed by atoms with Crippen LogP contribution in [0.25, 0.3) is 10.9 Å². The van der Waals surface area contributed by atoms with Crippen LogP contribution in [0.15, 0.2) is 86.2 Å². The molecule has 0 radical (unpaired) electrons. The van der Waals surface area contributed by atoms with E-state index in [0.717, 1.165) is 13.4 Å². The van der Waals surface area contributed by atoms with Crippen LogP contribution in [-0.4, -0.2) is 22.4 Å². The predicted molar refractivity (Wildman–Crippen MR) is 139 cm³/mol. The lowest BCUT2D eigenvalue weighted by atomic mass is 10.2. The first-order chi connectivity index (χ1) is 15.8. The first-order valence-corrected chi connectivity index (χ1v) is 11.9. The summed E-state index contributed by atoms with van der Waals surface area (Å²) in [7, 11) is 0. The van der Waals surface area contributed by atoms with Crippen molar-refractivity contribution in [1.29, 1.82) is 0 Å². The van der Waals surface area contributed by atoms with Gasteiger partial charge in [-0.05, 0) is 66.7 Å². The Labute approximate surface area is 213 Å². The van der Waals surface area contributed by atoms with Gasteiger partial charge in [-0.15, -0.1) is 0 Å². The molecule has 7 nitrogen and oxygen atoms in total. The zero-order chi connectivity index (χ0) is 23.5. The Morgan fingerprint density at radius 1 is 0.667 bits per heavy atom. The van der Waals surface area contributed by atoms with Gasteiger partial charge in [0.1, 0.15) is 5.69 Å². The van der Waals surface area contributed by atoms with Crippen molar-refractivity contribution in [2.24, 2.45) is 0 Å². The lowest BCUT2D eigenvalue weighted by Gasteiger charge is -2.13. The summed E-state index contributed by atoms with van der Waals surface area (Å²) in [6.45, 7) is 0. The number of amides is 3. The molecule has 10 heteroatoms. The van der Waals surface area contributed by atoms with Gasteiger partial charge in [-0.25, -0.2) is 4.68 Å². The highest BCUT2D eigenvalue weighted by Crippen LogP contribution is 2.24. The molecule has 4 rings (SSSR count). The van der Waals surface area contributed by atoms with Crippen LogP contribution < -0.4 is 16.1 Å². The molecule has 0 saturated heterocycles. The second-order valence-corrected chi connectivity index (χ2v) is 9.68. The SMILES string of the molecule is O=C(Nc1cccc(Br)c1)C(=O)Nn1c(C(=O)Nc2ccc(Br)cc2)cc2cc(Br)ccc21. The van der Waals surface area contributed by atoms with Gasteiger partial charge in [-0.3, -0.25) is 19.8 Å². The van der Waals surface area contributed by atoms with Crippen LogP contribution in [0, 0.1) is 0 Å². The maximum atomic E-state index is 13.0. The zero-order valence-electron chi connectivity index (χ0n) is 16.7. The summed E-state index contributed by atoms with van der Waals surface area (Å²) in [4.78, 5) is 38.2. The van der Waals surface area contributed by atoms with Crippen molar-refractivity contribution >= 4 is 87.8 Å². The van der Waals surface area contributed by atoms with Crippen molar-refractivity contribution in [3.63, 3.8) is 0 Å². The molecule has 0 bridgehead atoms. The fraction of sp³-hybridized carbons (Fsp3) is 0. The third-order valence-electron chi connectivity index (χ3n) is 4.60. The Kier molecular flexibility index (Phi) is 6.96. The number of rotatable bonds is 4. The Bertz CT molecular complexity index is 1380. The van der Waals surface area contributed by atoms with E-state index in [4.69, 9.17) is 0 Å². The van der Waals surface area contributed by atoms with Crippen LogP contribution in [-0.2, 0) is 9.59 Å². The molecule has 3 aromatic carbocycles. The van der Waals surface area contributed by atoms with Gasteiger partial charge >= 0.3 is 11.8 Å². The van der Waals surface area contributed by atoms with E-state index in [1.165, 1.54) is 4.68 Å². The second kappa shape index (κ2) is 9.90. The van der Waals surface area contributed by atoms with Gasteiger partial charge in [0, 0.05) is 30.2 Å². The smallest absolute Gasteiger partial charge is 0.321 e. The minimum absolute atomic E-state index is 0.162. The van der Waals surface area contributed by atoms with Crippen LogP contribution in [0.4, 0.5) is 11.4 Å². The van der Waals surface area contributed by atoms with Crippen molar-refractivity contribution < 1.29 is 14.4 Å². The maximum Gasteiger partial charge on any atom is 0.328 e. The number of hydrogen-bond donors (Lipinski definition) is 3. The van der Waals surface area contributed by atoms with Crippen LogP contribution in [0.1, 0.15) is 10.5 Å². The molecule has 1 heterocycles. The Morgan fingerprint density at radius 3 is 2.09 bits per heavy atom. The first kappa shape index (κ1) is 23.2. The molecule has 0 aliphatic carbocycles. The van der Waals surface area contributed by atoms with E-state index in [-0.39, 0.29) is 5.69 Å². The Hall–Kier alpha value is -2.95. The van der Waals surface area contributed by atoms with E-state index in [1.54, 1.807) is 66.7 Å². The minimum atomic E-state index is -0.923. The lowest BCUT2D eigenvalue weighted by molar-refractivity contribution is -0.133. The van der Waals surface area contributed by atoms with Gasteiger partial charge in [0.15, 0.2) is 0 Å². The summed E-state index contributed by atoms with van der Waals surface area (Å²) < 4.78 is 3.75. The Morgan fingerprint density at radius 2 is 1.36 bits per heavy atom. The molecule has 0 atom stereocenters. The van der Waals surface area contributed by atoms with Gasteiger partial charge in [0.25, 0.3) is 5.91 Å². The molecule has 3 N–H and O–H groups in total. The van der Waals surface area contributed by atoms with Gasteiger partial charge in [0.05, 0.1) is 5.52 Å². The summed E-state index contributed by atoms with van der Waals surface area (Å²) >= 11 is 10.1. The van der Waals surface area contributed by atoms with E-state index >= 15 is 0 Å². The van der Waals surface area contributed by atoms with Crippen molar-refractivity contribution in [3.8, 4) is 0 Å². The summed E-state index contributed by atoms with van der Waals surface area (Å²) in [6, 6.07) is 20.9. The monoisotopic (exact) mass is 632 g/mol. The van der Waals surface area contributed by atoms with E-state index < -0.39 is 17.7 Å². The number of carbonyl (C=O) groups is 3. The van der Waals surface area contributed by atoms with Crippen molar-refractivity contribution in [1.82, 2.24) is 4.68 Å². The van der Waals surface area contributed by atoms with E-state index in [1.807, 2.05) is 6.07 Å². The zero-order valence-corrected chi connectivity index (χ0v) is 21.5. The summed E-state index contributed by atoms with van der Waals surface area (Å²) in [5.41, 5.74) is 4.29. The third-order valence-corrected chi connectivity index (χ3v) is 6.12. The summed E-state index contributed by atoms with van der Waals surface area (Å²) in [5.74, 6) is -2.24. The molecule has 0 unspecified atom stereocenters. The molecule has 1 aromatic heterocycles. The van der Waals surface area contributed by atoms with E-state index in [2.05, 4.69) is 63.8 Å². The van der Waals surface area contributed by atoms with Gasteiger partial charge < -0.3 is 10.6 Å². The van der Waals surface area contributed by atoms with E-state index in [9.17, 15) is 14.4 Å². The molecule has 0 fully saturated rings. The topological polar surface area (TPSA) is 92.2 Å². The molecular weight excluding hydrogens is 620 g/mol. The quantitative estimate of drug-likeness (QED) is 0.245. The number of hydrogen-bond acceptors (Lipinski definition) is 3. The first-order valence-electron chi connectivity index (χ1n) is 9.56. The Balaban J connectivity index is 1.62. The van der Waals surface area contributed by atoms with Gasteiger partial charge in [-0.1, -0.05) is 53.9 Å². The minimum Gasteiger partial charge on any atom is -0.321 e. The predicted octanol–water partition coefficient (Wildman–Crippen LogP) is 5.89. The molecule has 0 spiro atoms. The number of halogens is 3. The molecule has 3 amide bonds. The van der Waals surface area contributed by atoms with Gasteiger partial charge in [0.2, 0.25) is 0 Å². The third kappa shape index (κ3) is 5.52. The van der Waals surface area contributed by atoms with Crippen molar-refractivity contribution in [3.05, 3.63) is 91.9 Å². The number of benzene rings is 3. The van der Waals surface area contributed by atoms with E-state index in [0.29, 0.717) is 22.3 Å². The maximum absolute atomic E-state index is 13.0. The molecule has 33 heavy (non-hydrogen) atoms. The highest BCUT2D eigenvalue weighted by atomic mass is 79.9. The van der Waals surface area contributed by atoms with Crippen molar-refractivity contribution in [2.75, 3.05) is 16.1 Å². The number of carbonyl (C=O) groups excluding carboxylic acids is 3. The molecular formula is C23H15Br3N4O3. The molecule has 0 aliphatic heterocycles. The molecule has 4 aromatic rings. The largest absolute Gasteiger partial charge is 0.328 e. The normalized spacial score (nSPS) is 10.6. The van der Waals surface area contributed by atoms with Gasteiger partial charge in [-0.2, -0.15) is 0 Å². The number of fused-ring (bicyclic) bond motifs is 1. The summed E-state index contributed by atoms with van der Waals surface area (Å²) in [5, 5.41) is 6.05. The molecule has 0 aliphatic rings. The fourth-order valence-electron chi connectivity index (χ4n) is 3.11. The number of nitrogens with one attached hydrogen (secondary N) is 3. The average Bonchev–Trinajstić information content (AvgIpc) is 3.12. The highest BCUT2D eigenvalue weighted by Gasteiger charge is 2.21. The number of aromatic nitrogens is 1. The van der Waals surface area contributed by atoms with Crippen LogP contribution in [0.5, 0.6) is 0 Å². The standard InChI is InChI=1S/C23H15Br3N4O3/c24-14-4-7-17(8-5-14)27-21(31)20-11-13-10-16(26)6-9-19(13)30(20)29-23(33)22(32)28-18-3-1-2-15(25)12-18/h1-12H,(H,27,31)(H,28,32)(H,29,33). The second-order valence-electron chi connectivity index (χ2n) is 6.93. The lowest BCUT2D eigenvalue weighted by Crippen LogP contribution is -2.36. The molecule has 0 saturated carbocycles. The highest BCUT2D eigenvalue weighted by molar-refractivity contribution is 9.11. The molecule has 166 valence electrons. The van der Waals surface area contributed by atoms with Crippen molar-refractivity contribution in [2.45, 2.75) is 0 Å². The number of nitrogens with zero attached hydrogens (tertiary/aromatic N) is 1. The fourth-order valence-corrected chi connectivity index (χ4v) is 4.15. The van der Waals surface area contributed by atoms with Crippen LogP contribution in [0.2, 0.25) is 0 Å². The average molecular weight is 635 g/mol. The van der Waals surface area contributed by atoms with Crippen LogP contribution >= 0.6 is 47.8 Å².